The number of nitrogens with zero attached hydrogens (tertiary/aromatic N) is 2. The number of amides is 1. The van der Waals surface area contributed by atoms with Crippen molar-refractivity contribution in [2.75, 3.05) is 51.4 Å². The van der Waals surface area contributed by atoms with Gasteiger partial charge in [0.15, 0.2) is 0 Å². The molecule has 5 rings (SSSR count). The van der Waals surface area contributed by atoms with Crippen molar-refractivity contribution in [1.29, 1.82) is 0 Å². The molecule has 12 nitrogen and oxygen atoms in total. The third-order valence-electron chi connectivity index (χ3n) is 6.62. The molecule has 1 amide bonds. The molecular formula is C29H29F7N4O8. The first-order chi connectivity index (χ1) is 22.5. The predicted octanol–water partition coefficient (Wildman–Crippen LogP) is 4.38. The first-order valence-electron chi connectivity index (χ1n) is 13.9. The van der Waals surface area contributed by atoms with Crippen LogP contribution in [-0.4, -0.2) is 102 Å². The van der Waals surface area contributed by atoms with Crippen LogP contribution in [-0.2, 0) is 25.5 Å². The van der Waals surface area contributed by atoms with Gasteiger partial charge in [0.25, 0.3) is 0 Å². The maximum absolute atomic E-state index is 13.6. The van der Waals surface area contributed by atoms with Crippen LogP contribution in [0.25, 0.3) is 11.1 Å². The molecule has 19 heteroatoms. The molecular weight excluding hydrogens is 665 g/mol. The second-order valence-corrected chi connectivity index (χ2v) is 10.1. The molecule has 0 aliphatic carbocycles. The predicted molar refractivity (Wildman–Crippen MR) is 152 cm³/mol. The van der Waals surface area contributed by atoms with Gasteiger partial charge in [-0.2, -0.15) is 31.4 Å². The molecule has 0 radical (unpaired) electrons. The summed E-state index contributed by atoms with van der Waals surface area (Å²) in [6.45, 7) is 4.71. The quantitative estimate of drug-likeness (QED) is 0.261. The van der Waals surface area contributed by atoms with Crippen LogP contribution in [0.4, 0.5) is 36.4 Å². The fraction of sp³-hybridized carbons (Fsp3) is 0.379. The lowest BCUT2D eigenvalue weighted by atomic mass is 9.95. The van der Waals surface area contributed by atoms with E-state index in [9.17, 15) is 35.5 Å². The van der Waals surface area contributed by atoms with Gasteiger partial charge >= 0.3 is 24.3 Å². The number of H-pyrrole nitrogens is 1. The highest BCUT2D eigenvalue weighted by Crippen LogP contribution is 2.33. The Kier molecular flexibility index (Phi) is 13.1. The van der Waals surface area contributed by atoms with Crippen LogP contribution in [0, 0.1) is 11.7 Å². The van der Waals surface area contributed by atoms with Crippen LogP contribution >= 0.6 is 0 Å². The summed E-state index contributed by atoms with van der Waals surface area (Å²) in [5.74, 6) is -5.26. The number of carboxylic acid groups (broad SMARTS) is 2. The number of halogens is 7. The summed E-state index contributed by atoms with van der Waals surface area (Å²) < 4.78 is 94.3. The van der Waals surface area contributed by atoms with Crippen LogP contribution in [0.2, 0.25) is 0 Å². The third-order valence-corrected chi connectivity index (χ3v) is 6.62. The smallest absolute Gasteiger partial charge is 0.490 e. The molecule has 1 saturated heterocycles. The number of hydrogen-bond acceptors (Lipinski definition) is 8. The zero-order valence-corrected chi connectivity index (χ0v) is 24.7. The van der Waals surface area contributed by atoms with Crippen molar-refractivity contribution in [1.82, 2.24) is 15.1 Å². The van der Waals surface area contributed by atoms with Gasteiger partial charge in [-0.05, 0) is 47.9 Å². The Bertz CT molecular complexity index is 1500. The fourth-order valence-electron chi connectivity index (χ4n) is 4.21. The van der Waals surface area contributed by atoms with Crippen molar-refractivity contribution in [3.05, 3.63) is 60.2 Å². The number of aromatic amines is 1. The van der Waals surface area contributed by atoms with E-state index in [0.717, 1.165) is 44.0 Å². The van der Waals surface area contributed by atoms with E-state index in [1.165, 1.54) is 12.1 Å². The molecule has 1 unspecified atom stereocenters. The van der Waals surface area contributed by atoms with Gasteiger partial charge in [-0.1, -0.05) is 6.07 Å². The molecule has 1 aromatic heterocycles. The number of hydrogen-bond donors (Lipinski definition) is 4. The summed E-state index contributed by atoms with van der Waals surface area (Å²) in [4.78, 5) is 33.2. The van der Waals surface area contributed by atoms with Crippen molar-refractivity contribution < 1.29 is 69.5 Å². The molecule has 4 N–H and O–H groups in total. The number of fused-ring (bicyclic) bond motifs is 1. The lowest BCUT2D eigenvalue weighted by molar-refractivity contribution is -0.193. The average Bonchev–Trinajstić information content (AvgIpc) is 3.57. The number of morpholine rings is 1. The number of aliphatic carboxylic acids is 2. The summed E-state index contributed by atoms with van der Waals surface area (Å²) in [5.41, 5.74) is 3.14. The maximum Gasteiger partial charge on any atom is 0.490 e. The topological polar surface area (TPSA) is 163 Å². The number of aromatic nitrogens is 2. The Hall–Kier alpha value is -4.91. The van der Waals surface area contributed by atoms with Crippen LogP contribution in [0.1, 0.15) is 5.56 Å². The average molecular weight is 695 g/mol. The maximum atomic E-state index is 13.6. The van der Waals surface area contributed by atoms with E-state index >= 15 is 0 Å². The zero-order chi connectivity index (χ0) is 35.5. The molecule has 1 atom stereocenters. The molecule has 0 spiro atoms. The zero-order valence-electron chi connectivity index (χ0n) is 24.7. The van der Waals surface area contributed by atoms with E-state index in [4.69, 9.17) is 34.0 Å². The molecule has 0 saturated carbocycles. The summed E-state index contributed by atoms with van der Waals surface area (Å²) in [6.07, 6.45) is -6.21. The number of carbonyl (C=O) groups is 3. The SMILES string of the molecule is O=C(Nc1ccc(-c2cn[nH]c2)cc1OCCN1CCOCC1)C1COc2ccc(F)cc2C1.O=C(O)C(F)(F)F.O=C(O)C(F)(F)F. The molecule has 48 heavy (non-hydrogen) atoms. The Morgan fingerprint density at radius 1 is 0.979 bits per heavy atom. The number of carboxylic acids is 2. The van der Waals surface area contributed by atoms with Gasteiger partial charge < -0.3 is 29.7 Å². The van der Waals surface area contributed by atoms with Crippen molar-refractivity contribution >= 4 is 23.5 Å². The molecule has 2 aromatic carbocycles. The van der Waals surface area contributed by atoms with E-state index in [0.29, 0.717) is 35.8 Å². The second-order valence-electron chi connectivity index (χ2n) is 10.1. The Labute approximate surface area is 267 Å². The van der Waals surface area contributed by atoms with Gasteiger partial charge in [0.2, 0.25) is 5.91 Å². The van der Waals surface area contributed by atoms with Crippen molar-refractivity contribution in [2.45, 2.75) is 18.8 Å². The van der Waals surface area contributed by atoms with E-state index < -0.39 is 30.2 Å². The van der Waals surface area contributed by atoms with Gasteiger partial charge in [0.05, 0.1) is 31.0 Å². The number of rotatable bonds is 7. The van der Waals surface area contributed by atoms with Gasteiger partial charge in [0, 0.05) is 31.4 Å². The standard InChI is InChI=1S/C25H27FN4O4.2C2HF3O2/c26-21-2-4-23-18(12-21)11-19(16-34-23)25(31)29-22-3-1-17(20-14-27-28-15-20)13-24(22)33-10-7-30-5-8-32-9-6-30;2*3-2(4,5)1(6)7/h1-4,12-15,19H,5-11,16H2,(H,27,28)(H,29,31);2*(H,6,7). The van der Waals surface area contributed by atoms with E-state index in [-0.39, 0.29) is 18.3 Å². The van der Waals surface area contributed by atoms with Gasteiger partial charge in [-0.25, -0.2) is 14.0 Å². The third kappa shape index (κ3) is 11.7. The first kappa shape index (κ1) is 37.5. The molecule has 3 heterocycles. The highest BCUT2D eigenvalue weighted by atomic mass is 19.4. The van der Waals surface area contributed by atoms with Crippen LogP contribution in [0.5, 0.6) is 11.5 Å². The molecule has 1 fully saturated rings. The lowest BCUT2D eigenvalue weighted by Gasteiger charge is -2.27. The van der Waals surface area contributed by atoms with Crippen LogP contribution in [0.15, 0.2) is 48.8 Å². The van der Waals surface area contributed by atoms with Crippen LogP contribution in [0.3, 0.4) is 0 Å². The van der Waals surface area contributed by atoms with Crippen molar-refractivity contribution in [3.8, 4) is 22.6 Å². The molecule has 3 aromatic rings. The van der Waals surface area contributed by atoms with Crippen molar-refractivity contribution in [2.24, 2.45) is 5.92 Å². The highest BCUT2D eigenvalue weighted by molar-refractivity contribution is 5.95. The summed E-state index contributed by atoms with van der Waals surface area (Å²) in [7, 11) is 0. The van der Waals surface area contributed by atoms with E-state index in [2.05, 4.69) is 20.4 Å². The minimum absolute atomic E-state index is 0.191. The number of alkyl halides is 6. The minimum atomic E-state index is -5.08. The number of benzene rings is 2. The minimum Gasteiger partial charge on any atom is -0.492 e. The Morgan fingerprint density at radius 3 is 2.21 bits per heavy atom. The summed E-state index contributed by atoms with van der Waals surface area (Å²) in [5, 5.41) is 24.1. The number of carbonyl (C=O) groups excluding carboxylic acids is 1. The van der Waals surface area contributed by atoms with Gasteiger partial charge in [-0.15, -0.1) is 0 Å². The Balaban J connectivity index is 0.000000376. The number of nitrogens with one attached hydrogen (secondary N) is 2. The van der Waals surface area contributed by atoms with Crippen LogP contribution < -0.4 is 14.8 Å². The van der Waals surface area contributed by atoms with E-state index in [1.807, 2.05) is 18.2 Å². The normalized spacial score (nSPS) is 16.1. The summed E-state index contributed by atoms with van der Waals surface area (Å²) in [6, 6.07) is 10.0. The van der Waals surface area contributed by atoms with Gasteiger partial charge in [0.1, 0.15) is 30.5 Å². The highest BCUT2D eigenvalue weighted by Gasteiger charge is 2.39. The fourth-order valence-corrected chi connectivity index (χ4v) is 4.21. The molecule has 0 bridgehead atoms. The molecule has 2 aliphatic rings. The summed E-state index contributed by atoms with van der Waals surface area (Å²) >= 11 is 0. The Morgan fingerprint density at radius 2 is 1.62 bits per heavy atom. The lowest BCUT2D eigenvalue weighted by Crippen LogP contribution is -2.38. The number of ether oxygens (including phenoxy) is 3. The van der Waals surface area contributed by atoms with E-state index in [1.54, 1.807) is 18.5 Å². The number of anilines is 1. The largest absolute Gasteiger partial charge is 0.492 e. The monoisotopic (exact) mass is 694 g/mol. The molecule has 2 aliphatic heterocycles. The molecule has 262 valence electrons. The van der Waals surface area contributed by atoms with Crippen molar-refractivity contribution in [3.63, 3.8) is 0 Å². The second kappa shape index (κ2) is 16.8. The first-order valence-corrected chi connectivity index (χ1v) is 13.9. The van der Waals surface area contributed by atoms with Gasteiger partial charge in [-0.3, -0.25) is 14.8 Å².